The van der Waals surface area contributed by atoms with Crippen LogP contribution >= 0.6 is 11.8 Å². The third-order valence-electron chi connectivity index (χ3n) is 4.03. The van der Waals surface area contributed by atoms with Gasteiger partial charge in [0, 0.05) is 13.1 Å². The number of hydrogen-bond acceptors (Lipinski definition) is 4. The van der Waals surface area contributed by atoms with Crippen LogP contribution in [0.3, 0.4) is 0 Å². The van der Waals surface area contributed by atoms with Crippen molar-refractivity contribution >= 4 is 28.5 Å². The fourth-order valence-electron chi connectivity index (χ4n) is 2.60. The van der Waals surface area contributed by atoms with E-state index < -0.39 is 11.7 Å². The van der Waals surface area contributed by atoms with Crippen LogP contribution in [0.5, 0.6) is 0 Å². The second kappa shape index (κ2) is 8.14. The Balaban J connectivity index is 1.56. The average molecular weight is 393 g/mol. The molecule has 0 radical (unpaired) electrons. The Kier molecular flexibility index (Phi) is 5.86. The maximum Gasteiger partial charge on any atom is 0.416 e. The highest BCUT2D eigenvalue weighted by Crippen LogP contribution is 2.29. The SMILES string of the molecule is Cc1ccccc1N=C1NC(=O)C(CNCc2cccc(C(F)(F)F)c2)S1. The van der Waals surface area contributed by atoms with Gasteiger partial charge in [0.15, 0.2) is 5.17 Å². The zero-order chi connectivity index (χ0) is 19.4. The minimum atomic E-state index is -4.36. The molecule has 8 heteroatoms. The zero-order valence-electron chi connectivity index (χ0n) is 14.5. The summed E-state index contributed by atoms with van der Waals surface area (Å²) in [5.41, 5.74) is 1.63. The van der Waals surface area contributed by atoms with Gasteiger partial charge in [0.25, 0.3) is 0 Å². The molecular weight excluding hydrogens is 375 g/mol. The number of amidine groups is 1. The Morgan fingerprint density at radius 1 is 1.19 bits per heavy atom. The molecule has 3 rings (SSSR count). The van der Waals surface area contributed by atoms with Crippen LogP contribution in [0.15, 0.2) is 53.5 Å². The minimum absolute atomic E-state index is 0.163. The van der Waals surface area contributed by atoms with E-state index in [4.69, 9.17) is 0 Å². The molecule has 1 amide bonds. The molecule has 1 heterocycles. The predicted octanol–water partition coefficient (Wildman–Crippen LogP) is 4.02. The van der Waals surface area contributed by atoms with E-state index in [1.807, 2.05) is 31.2 Å². The molecule has 2 aromatic rings. The van der Waals surface area contributed by atoms with E-state index in [-0.39, 0.29) is 17.7 Å². The Morgan fingerprint density at radius 3 is 2.70 bits per heavy atom. The van der Waals surface area contributed by atoms with E-state index >= 15 is 0 Å². The lowest BCUT2D eigenvalue weighted by Crippen LogP contribution is -2.32. The lowest BCUT2D eigenvalue weighted by Gasteiger charge is -2.10. The average Bonchev–Trinajstić information content (AvgIpc) is 2.96. The number of carbonyl (C=O) groups is 1. The largest absolute Gasteiger partial charge is 0.416 e. The topological polar surface area (TPSA) is 53.5 Å². The number of nitrogens with one attached hydrogen (secondary N) is 2. The first kappa shape index (κ1) is 19.4. The molecule has 1 unspecified atom stereocenters. The molecule has 2 aromatic carbocycles. The molecule has 0 spiro atoms. The van der Waals surface area contributed by atoms with Crippen LogP contribution < -0.4 is 10.6 Å². The second-order valence-electron chi connectivity index (χ2n) is 6.13. The molecule has 4 nitrogen and oxygen atoms in total. The third kappa shape index (κ3) is 5.11. The Labute approximate surface area is 159 Å². The van der Waals surface area contributed by atoms with Crippen LogP contribution in [-0.4, -0.2) is 22.9 Å². The first-order valence-corrected chi connectivity index (χ1v) is 9.19. The van der Waals surface area contributed by atoms with E-state index in [9.17, 15) is 18.0 Å². The third-order valence-corrected chi connectivity index (χ3v) is 5.11. The molecule has 0 aliphatic carbocycles. The summed E-state index contributed by atoms with van der Waals surface area (Å²) in [6.07, 6.45) is -4.36. The molecule has 1 atom stereocenters. The maximum absolute atomic E-state index is 12.7. The van der Waals surface area contributed by atoms with Gasteiger partial charge in [-0.2, -0.15) is 13.2 Å². The Hall–Kier alpha value is -2.32. The summed E-state index contributed by atoms with van der Waals surface area (Å²) >= 11 is 1.31. The van der Waals surface area contributed by atoms with Gasteiger partial charge in [-0.05, 0) is 30.2 Å². The number of benzene rings is 2. The number of aliphatic imine (C=N–C) groups is 1. The number of aryl methyl sites for hydroxylation is 1. The van der Waals surface area contributed by atoms with Crippen molar-refractivity contribution in [3.05, 3.63) is 65.2 Å². The van der Waals surface area contributed by atoms with Crippen molar-refractivity contribution in [3.8, 4) is 0 Å². The van der Waals surface area contributed by atoms with Gasteiger partial charge in [-0.25, -0.2) is 4.99 Å². The van der Waals surface area contributed by atoms with Crippen molar-refractivity contribution in [1.82, 2.24) is 10.6 Å². The number of halogens is 3. The highest BCUT2D eigenvalue weighted by atomic mass is 32.2. The molecule has 0 saturated carbocycles. The normalized spacial score (nSPS) is 18.7. The number of amides is 1. The molecule has 1 saturated heterocycles. The van der Waals surface area contributed by atoms with E-state index in [1.54, 1.807) is 6.07 Å². The summed E-state index contributed by atoms with van der Waals surface area (Å²) in [6, 6.07) is 12.8. The van der Waals surface area contributed by atoms with Crippen LogP contribution in [0.4, 0.5) is 18.9 Å². The number of carbonyl (C=O) groups excluding carboxylic acids is 1. The fraction of sp³-hybridized carbons (Fsp3) is 0.263. The summed E-state index contributed by atoms with van der Waals surface area (Å²) in [7, 11) is 0. The zero-order valence-corrected chi connectivity index (χ0v) is 15.3. The number of thioether (sulfide) groups is 1. The van der Waals surface area contributed by atoms with Gasteiger partial charge in [-0.1, -0.05) is 48.2 Å². The molecule has 2 N–H and O–H groups in total. The monoisotopic (exact) mass is 393 g/mol. The first-order valence-electron chi connectivity index (χ1n) is 8.31. The maximum atomic E-state index is 12.7. The molecule has 1 aliphatic rings. The van der Waals surface area contributed by atoms with Gasteiger partial charge >= 0.3 is 6.18 Å². The van der Waals surface area contributed by atoms with Gasteiger partial charge in [0.1, 0.15) is 5.25 Å². The smallest absolute Gasteiger partial charge is 0.311 e. The molecular formula is C19H18F3N3OS. The van der Waals surface area contributed by atoms with Gasteiger partial charge in [0.2, 0.25) is 5.91 Å². The second-order valence-corrected chi connectivity index (χ2v) is 7.32. The lowest BCUT2D eigenvalue weighted by atomic mass is 10.1. The molecule has 0 bridgehead atoms. The van der Waals surface area contributed by atoms with Crippen molar-refractivity contribution in [2.45, 2.75) is 24.9 Å². The van der Waals surface area contributed by atoms with E-state index in [1.165, 1.54) is 17.8 Å². The first-order chi connectivity index (χ1) is 12.8. The fourth-order valence-corrected chi connectivity index (χ4v) is 3.54. The van der Waals surface area contributed by atoms with Crippen molar-refractivity contribution in [3.63, 3.8) is 0 Å². The summed E-state index contributed by atoms with van der Waals surface area (Å²) < 4.78 is 38.2. The van der Waals surface area contributed by atoms with Gasteiger partial charge in [0.05, 0.1) is 11.3 Å². The van der Waals surface area contributed by atoms with Crippen LogP contribution in [0.25, 0.3) is 0 Å². The highest BCUT2D eigenvalue weighted by molar-refractivity contribution is 8.15. The van der Waals surface area contributed by atoms with Crippen LogP contribution in [0, 0.1) is 6.92 Å². The van der Waals surface area contributed by atoms with Crippen LogP contribution in [0.2, 0.25) is 0 Å². The van der Waals surface area contributed by atoms with Crippen molar-refractivity contribution in [2.24, 2.45) is 4.99 Å². The van der Waals surface area contributed by atoms with Crippen molar-refractivity contribution in [1.29, 1.82) is 0 Å². The van der Waals surface area contributed by atoms with E-state index in [0.29, 0.717) is 17.3 Å². The van der Waals surface area contributed by atoms with Crippen LogP contribution in [-0.2, 0) is 17.5 Å². The molecule has 1 fully saturated rings. The number of hydrogen-bond donors (Lipinski definition) is 2. The summed E-state index contributed by atoms with van der Waals surface area (Å²) in [6.45, 7) is 2.52. The molecule has 142 valence electrons. The number of alkyl halides is 3. The van der Waals surface area contributed by atoms with E-state index in [2.05, 4.69) is 15.6 Å². The summed E-state index contributed by atoms with van der Waals surface area (Å²) in [5.74, 6) is -0.163. The summed E-state index contributed by atoms with van der Waals surface area (Å²) in [5, 5.41) is 5.94. The Bertz CT molecular complexity index is 867. The summed E-state index contributed by atoms with van der Waals surface area (Å²) in [4.78, 5) is 16.5. The standard InChI is InChI=1S/C19H18F3N3OS/c1-12-5-2-3-8-15(12)24-18-25-17(26)16(27-18)11-23-10-13-6-4-7-14(9-13)19(20,21)22/h2-9,16,23H,10-11H2,1H3,(H,24,25,26). The van der Waals surface area contributed by atoms with Gasteiger partial charge in [-0.3, -0.25) is 4.79 Å². The number of nitrogens with zero attached hydrogens (tertiary/aromatic N) is 1. The highest BCUT2D eigenvalue weighted by Gasteiger charge is 2.31. The quantitative estimate of drug-likeness (QED) is 0.807. The molecule has 27 heavy (non-hydrogen) atoms. The van der Waals surface area contributed by atoms with Gasteiger partial charge in [-0.15, -0.1) is 0 Å². The lowest BCUT2D eigenvalue weighted by molar-refractivity contribution is -0.137. The number of rotatable bonds is 5. The van der Waals surface area contributed by atoms with Crippen LogP contribution in [0.1, 0.15) is 16.7 Å². The Morgan fingerprint density at radius 2 is 1.96 bits per heavy atom. The van der Waals surface area contributed by atoms with Gasteiger partial charge < -0.3 is 10.6 Å². The predicted molar refractivity (Wildman–Crippen MR) is 101 cm³/mol. The van der Waals surface area contributed by atoms with Crippen molar-refractivity contribution < 1.29 is 18.0 Å². The minimum Gasteiger partial charge on any atom is -0.311 e. The number of para-hydroxylation sites is 1. The van der Waals surface area contributed by atoms with E-state index in [0.717, 1.165) is 23.4 Å². The molecule has 1 aliphatic heterocycles. The van der Waals surface area contributed by atoms with Crippen molar-refractivity contribution in [2.75, 3.05) is 6.54 Å². The molecule has 0 aromatic heterocycles.